The number of halogens is 5. The van der Waals surface area contributed by atoms with Gasteiger partial charge in [-0.25, -0.2) is 0 Å². The molecule has 0 saturated heterocycles. The average Bonchev–Trinajstić information content (AvgIpc) is 2.07. The average molecular weight is 345 g/mol. The molecule has 0 aliphatic carbocycles. The van der Waals surface area contributed by atoms with E-state index in [1.54, 1.807) is 6.07 Å². The van der Waals surface area contributed by atoms with Crippen LogP contribution in [0, 0.1) is 0 Å². The summed E-state index contributed by atoms with van der Waals surface area (Å²) in [5, 5.41) is 9.44. The molecule has 0 spiro atoms. The van der Waals surface area contributed by atoms with E-state index < -0.39 is 6.98 Å². The zero-order valence-corrected chi connectivity index (χ0v) is 10.4. The van der Waals surface area contributed by atoms with Crippen molar-refractivity contribution >= 4 is 44.9 Å². The van der Waals surface area contributed by atoms with Crippen LogP contribution in [0.4, 0.5) is 12.9 Å². The fraction of sp³-hybridized carbons (Fsp3) is 0. The first-order valence-electron chi connectivity index (χ1n) is 3.87. The zero-order chi connectivity index (χ0) is 11.6. The van der Waals surface area contributed by atoms with Crippen molar-refractivity contribution in [1.82, 2.24) is 0 Å². The molecular weight excluding hydrogens is 340 g/mol. The standard InChI is InChI=1S/C8H5BBr2F3O/c10-6-3-5(1-2-9(12,13)14)8(15)7(11)4-6/h1-4,15H/q-1/b2-1+. The third-order valence-corrected chi connectivity index (χ3v) is 2.61. The summed E-state index contributed by atoms with van der Waals surface area (Å²) in [6, 6.07) is 2.95. The Morgan fingerprint density at radius 2 is 1.80 bits per heavy atom. The molecule has 0 heterocycles. The van der Waals surface area contributed by atoms with Crippen molar-refractivity contribution in [3.8, 4) is 5.75 Å². The third-order valence-electron chi connectivity index (χ3n) is 1.55. The quantitative estimate of drug-likeness (QED) is 0.792. The van der Waals surface area contributed by atoms with Gasteiger partial charge in [-0.2, -0.15) is 0 Å². The highest BCUT2D eigenvalue weighted by molar-refractivity contribution is 9.11. The van der Waals surface area contributed by atoms with Crippen molar-refractivity contribution in [1.29, 1.82) is 0 Å². The molecule has 1 N–H and O–H groups in total. The molecule has 0 radical (unpaired) electrons. The van der Waals surface area contributed by atoms with Crippen LogP contribution in [0.1, 0.15) is 5.56 Å². The van der Waals surface area contributed by atoms with Crippen LogP contribution in [0.5, 0.6) is 5.75 Å². The van der Waals surface area contributed by atoms with Crippen molar-refractivity contribution in [2.24, 2.45) is 0 Å². The topological polar surface area (TPSA) is 20.2 Å². The van der Waals surface area contributed by atoms with Gasteiger partial charge in [0.15, 0.2) is 0 Å². The lowest BCUT2D eigenvalue weighted by molar-refractivity contribution is 0.470. The lowest BCUT2D eigenvalue weighted by Gasteiger charge is -2.08. The smallest absolute Gasteiger partial charge is 0.502 e. The molecule has 0 atom stereocenters. The van der Waals surface area contributed by atoms with Gasteiger partial charge >= 0.3 is 6.98 Å². The summed E-state index contributed by atoms with van der Waals surface area (Å²) >= 11 is 6.14. The van der Waals surface area contributed by atoms with Gasteiger partial charge in [0, 0.05) is 10.0 Å². The van der Waals surface area contributed by atoms with Crippen LogP contribution in [0.3, 0.4) is 0 Å². The molecule has 0 amide bonds. The second kappa shape index (κ2) is 4.61. The van der Waals surface area contributed by atoms with E-state index in [4.69, 9.17) is 0 Å². The van der Waals surface area contributed by atoms with E-state index in [9.17, 15) is 18.1 Å². The van der Waals surface area contributed by atoms with Gasteiger partial charge in [-0.1, -0.05) is 22.0 Å². The van der Waals surface area contributed by atoms with Gasteiger partial charge in [-0.15, -0.1) is 5.98 Å². The lowest BCUT2D eigenvalue weighted by Crippen LogP contribution is -2.09. The van der Waals surface area contributed by atoms with E-state index in [0.29, 0.717) is 8.95 Å². The normalized spacial score (nSPS) is 12.3. The second-order valence-electron chi connectivity index (χ2n) is 2.81. The highest BCUT2D eigenvalue weighted by Crippen LogP contribution is 2.32. The maximum absolute atomic E-state index is 11.9. The Morgan fingerprint density at radius 1 is 1.20 bits per heavy atom. The minimum atomic E-state index is -4.99. The van der Waals surface area contributed by atoms with Crippen LogP contribution in [0.2, 0.25) is 0 Å². The van der Waals surface area contributed by atoms with Crippen molar-refractivity contribution in [3.05, 3.63) is 32.6 Å². The van der Waals surface area contributed by atoms with Crippen molar-refractivity contribution in [2.75, 3.05) is 0 Å². The van der Waals surface area contributed by atoms with Crippen LogP contribution >= 0.6 is 31.9 Å². The van der Waals surface area contributed by atoms with Gasteiger partial charge < -0.3 is 18.1 Å². The number of rotatable bonds is 2. The maximum Gasteiger partial charge on any atom is 0.502 e. The predicted octanol–water partition coefficient (Wildman–Crippen LogP) is 4.32. The zero-order valence-electron chi connectivity index (χ0n) is 7.22. The Morgan fingerprint density at radius 3 is 2.33 bits per heavy atom. The summed E-state index contributed by atoms with van der Waals surface area (Å²) in [5.74, 6) is -0.0806. The molecule has 0 aromatic heterocycles. The first-order valence-corrected chi connectivity index (χ1v) is 5.45. The number of aromatic hydroxyl groups is 1. The Hall–Kier alpha value is -0.425. The molecule has 1 rings (SSSR count). The molecule has 0 aliphatic rings. The first kappa shape index (κ1) is 12.6. The summed E-state index contributed by atoms with van der Waals surface area (Å²) in [6.45, 7) is -4.99. The Labute approximate surface area is 101 Å². The molecular formula is C8H5BBr2F3O-. The molecule has 1 aromatic rings. The lowest BCUT2D eigenvalue weighted by atomic mass is 9.90. The van der Waals surface area contributed by atoms with E-state index in [1.165, 1.54) is 6.07 Å². The molecule has 0 saturated carbocycles. The SMILES string of the molecule is Oc1c(Br)cc(Br)cc1/C=C/[B-](F)(F)F. The van der Waals surface area contributed by atoms with Crippen LogP contribution in [0.25, 0.3) is 6.08 Å². The Kier molecular flexibility index (Phi) is 3.89. The molecule has 0 aliphatic heterocycles. The largest absolute Gasteiger partial charge is 0.506 e. The summed E-state index contributed by atoms with van der Waals surface area (Å²) in [6.07, 6.45) is 0.838. The molecule has 1 aromatic carbocycles. The Bertz CT molecular complexity index is 404. The fourth-order valence-electron chi connectivity index (χ4n) is 0.926. The van der Waals surface area contributed by atoms with Gasteiger partial charge in [-0.3, -0.25) is 0 Å². The third kappa shape index (κ3) is 3.91. The molecule has 0 bridgehead atoms. The van der Waals surface area contributed by atoms with E-state index in [-0.39, 0.29) is 17.3 Å². The highest BCUT2D eigenvalue weighted by atomic mass is 79.9. The van der Waals surface area contributed by atoms with E-state index >= 15 is 0 Å². The highest BCUT2D eigenvalue weighted by Gasteiger charge is 2.17. The van der Waals surface area contributed by atoms with Crippen LogP contribution < -0.4 is 0 Å². The molecule has 0 fully saturated rings. The second-order valence-corrected chi connectivity index (χ2v) is 4.58. The molecule has 15 heavy (non-hydrogen) atoms. The van der Waals surface area contributed by atoms with Gasteiger partial charge in [0.2, 0.25) is 0 Å². The number of phenolic OH excluding ortho intramolecular Hbond substituents is 1. The van der Waals surface area contributed by atoms with Crippen LogP contribution in [-0.2, 0) is 0 Å². The first-order chi connectivity index (χ1) is 6.79. The monoisotopic (exact) mass is 343 g/mol. The number of hydrogen-bond donors (Lipinski definition) is 1. The molecule has 0 unspecified atom stereocenters. The van der Waals surface area contributed by atoms with Crippen molar-refractivity contribution in [2.45, 2.75) is 0 Å². The minimum Gasteiger partial charge on any atom is -0.506 e. The molecule has 1 nitrogen and oxygen atoms in total. The van der Waals surface area contributed by atoms with Crippen LogP contribution in [0.15, 0.2) is 27.1 Å². The summed E-state index contributed by atoms with van der Waals surface area (Å²) in [4.78, 5) is 0. The number of hydrogen-bond acceptors (Lipinski definition) is 1. The van der Waals surface area contributed by atoms with Crippen molar-refractivity contribution in [3.63, 3.8) is 0 Å². The van der Waals surface area contributed by atoms with E-state index in [2.05, 4.69) is 31.9 Å². The van der Waals surface area contributed by atoms with Gasteiger partial charge in [-0.05, 0) is 28.1 Å². The van der Waals surface area contributed by atoms with E-state index in [1.807, 2.05) is 0 Å². The van der Waals surface area contributed by atoms with Crippen LogP contribution in [-0.4, -0.2) is 12.1 Å². The summed E-state index contributed by atoms with van der Waals surface area (Å²) in [7, 11) is 0. The predicted molar refractivity (Wildman–Crippen MR) is 61.6 cm³/mol. The fourth-order valence-corrected chi connectivity index (χ4v) is 2.18. The number of benzene rings is 1. The van der Waals surface area contributed by atoms with Gasteiger partial charge in [0.1, 0.15) is 5.75 Å². The number of phenols is 1. The summed E-state index contributed by atoms with van der Waals surface area (Å²) < 4.78 is 36.8. The maximum atomic E-state index is 11.9. The van der Waals surface area contributed by atoms with E-state index in [0.717, 1.165) is 6.08 Å². The summed E-state index contributed by atoms with van der Waals surface area (Å²) in [5.41, 5.74) is 0.107. The van der Waals surface area contributed by atoms with Gasteiger partial charge in [0.25, 0.3) is 0 Å². The Balaban J connectivity index is 3.10. The molecule has 7 heteroatoms. The van der Waals surface area contributed by atoms with Gasteiger partial charge in [0.05, 0.1) is 4.47 Å². The van der Waals surface area contributed by atoms with Crippen molar-refractivity contribution < 1.29 is 18.1 Å². The minimum absolute atomic E-state index is 0.107. The molecule has 82 valence electrons.